The molecular formula is C14H23N5O. The fourth-order valence-corrected chi connectivity index (χ4v) is 2.46. The highest BCUT2D eigenvalue weighted by molar-refractivity contribution is 5.91. The zero-order chi connectivity index (χ0) is 14.5. The Kier molecular flexibility index (Phi) is 4.92. The molecule has 0 spiro atoms. The molecule has 1 fully saturated rings. The fraction of sp³-hybridized carbons (Fsp3) is 0.571. The molecule has 0 aliphatic carbocycles. The van der Waals surface area contributed by atoms with Gasteiger partial charge in [-0.15, -0.1) is 0 Å². The lowest BCUT2D eigenvalue weighted by molar-refractivity contribution is -0.114. The van der Waals surface area contributed by atoms with Gasteiger partial charge in [0.1, 0.15) is 5.82 Å². The SMILES string of the molecule is CN1CCC(N(C)c2ccc(NC(=O)CN)nc2)CC1. The van der Waals surface area contributed by atoms with Gasteiger partial charge in [0, 0.05) is 13.1 Å². The second-order valence-electron chi connectivity index (χ2n) is 5.30. The maximum atomic E-state index is 11.2. The van der Waals surface area contributed by atoms with Crippen molar-refractivity contribution in [2.24, 2.45) is 5.73 Å². The van der Waals surface area contributed by atoms with Crippen LogP contribution >= 0.6 is 0 Å². The van der Waals surface area contributed by atoms with Crippen LogP contribution in [-0.4, -0.2) is 55.6 Å². The summed E-state index contributed by atoms with van der Waals surface area (Å²) in [5, 5.41) is 2.64. The lowest BCUT2D eigenvalue weighted by Gasteiger charge is -2.36. The third-order valence-electron chi connectivity index (χ3n) is 3.84. The summed E-state index contributed by atoms with van der Waals surface area (Å²) >= 11 is 0. The minimum atomic E-state index is -0.228. The van der Waals surface area contributed by atoms with Gasteiger partial charge in [-0.1, -0.05) is 0 Å². The Bertz CT molecular complexity index is 439. The smallest absolute Gasteiger partial charge is 0.239 e. The average molecular weight is 277 g/mol. The highest BCUT2D eigenvalue weighted by atomic mass is 16.1. The van der Waals surface area contributed by atoms with Crippen molar-refractivity contribution in [3.05, 3.63) is 18.3 Å². The van der Waals surface area contributed by atoms with Crippen LogP contribution in [0, 0.1) is 0 Å². The number of carbonyl (C=O) groups excluding carboxylic acids is 1. The number of amides is 1. The lowest BCUT2D eigenvalue weighted by atomic mass is 10.0. The molecule has 6 nitrogen and oxygen atoms in total. The Morgan fingerprint density at radius 2 is 2.20 bits per heavy atom. The summed E-state index contributed by atoms with van der Waals surface area (Å²) < 4.78 is 0. The lowest BCUT2D eigenvalue weighted by Crippen LogP contribution is -2.42. The highest BCUT2D eigenvalue weighted by Crippen LogP contribution is 2.21. The number of rotatable bonds is 4. The number of likely N-dealkylation sites (tertiary alicyclic amines) is 1. The van der Waals surface area contributed by atoms with Crippen molar-refractivity contribution < 1.29 is 4.79 Å². The minimum absolute atomic E-state index is 0.0288. The number of piperidine rings is 1. The molecule has 20 heavy (non-hydrogen) atoms. The molecule has 1 aliphatic rings. The van der Waals surface area contributed by atoms with E-state index < -0.39 is 0 Å². The molecule has 1 aromatic heterocycles. The third-order valence-corrected chi connectivity index (χ3v) is 3.84. The molecule has 1 aliphatic heterocycles. The van der Waals surface area contributed by atoms with Crippen molar-refractivity contribution in [3.63, 3.8) is 0 Å². The van der Waals surface area contributed by atoms with Gasteiger partial charge in [-0.25, -0.2) is 4.98 Å². The molecule has 2 rings (SSSR count). The molecule has 0 aromatic carbocycles. The van der Waals surface area contributed by atoms with E-state index in [4.69, 9.17) is 5.73 Å². The van der Waals surface area contributed by atoms with Gasteiger partial charge in [-0.3, -0.25) is 4.79 Å². The molecule has 6 heteroatoms. The summed E-state index contributed by atoms with van der Waals surface area (Å²) in [6.45, 7) is 2.24. The molecule has 0 unspecified atom stereocenters. The molecule has 110 valence electrons. The summed E-state index contributed by atoms with van der Waals surface area (Å²) in [6.07, 6.45) is 4.13. The molecule has 0 bridgehead atoms. The van der Waals surface area contributed by atoms with Crippen molar-refractivity contribution >= 4 is 17.4 Å². The van der Waals surface area contributed by atoms with Crippen LogP contribution in [0.25, 0.3) is 0 Å². The van der Waals surface area contributed by atoms with E-state index in [9.17, 15) is 4.79 Å². The third kappa shape index (κ3) is 3.68. The van der Waals surface area contributed by atoms with Gasteiger partial charge < -0.3 is 20.9 Å². The molecule has 0 atom stereocenters. The molecule has 1 aromatic rings. The van der Waals surface area contributed by atoms with Crippen LogP contribution in [0.1, 0.15) is 12.8 Å². The van der Waals surface area contributed by atoms with E-state index in [1.54, 1.807) is 6.20 Å². The maximum Gasteiger partial charge on any atom is 0.239 e. The number of aromatic nitrogens is 1. The number of nitrogens with one attached hydrogen (secondary N) is 1. The Hall–Kier alpha value is -1.66. The Morgan fingerprint density at radius 3 is 2.75 bits per heavy atom. The summed E-state index contributed by atoms with van der Waals surface area (Å²) in [5.41, 5.74) is 6.33. The van der Waals surface area contributed by atoms with E-state index in [0.717, 1.165) is 18.8 Å². The summed E-state index contributed by atoms with van der Waals surface area (Å²) in [6, 6.07) is 4.35. The Morgan fingerprint density at radius 1 is 1.50 bits per heavy atom. The standard InChI is InChI=1S/C14H23N5O/c1-18-7-5-11(6-8-18)19(2)12-3-4-13(16-10-12)17-14(20)9-15/h3-4,10-11H,5-9,15H2,1-2H3,(H,16,17,20). The van der Waals surface area contributed by atoms with Gasteiger partial charge in [0.25, 0.3) is 0 Å². The van der Waals surface area contributed by atoms with Crippen LogP contribution in [0.5, 0.6) is 0 Å². The summed E-state index contributed by atoms with van der Waals surface area (Å²) in [5.74, 6) is 0.315. The van der Waals surface area contributed by atoms with Crippen molar-refractivity contribution in [1.29, 1.82) is 0 Å². The van der Waals surface area contributed by atoms with Crippen molar-refractivity contribution in [2.75, 3.05) is 43.9 Å². The molecule has 2 heterocycles. The van der Waals surface area contributed by atoms with Crippen LogP contribution < -0.4 is 16.0 Å². The Labute approximate surface area is 120 Å². The zero-order valence-corrected chi connectivity index (χ0v) is 12.2. The highest BCUT2D eigenvalue weighted by Gasteiger charge is 2.20. The van der Waals surface area contributed by atoms with E-state index >= 15 is 0 Å². The number of nitrogens with zero attached hydrogens (tertiary/aromatic N) is 3. The van der Waals surface area contributed by atoms with E-state index in [2.05, 4.69) is 34.2 Å². The van der Waals surface area contributed by atoms with Gasteiger partial charge >= 0.3 is 0 Å². The van der Waals surface area contributed by atoms with Crippen LogP contribution in [0.3, 0.4) is 0 Å². The van der Waals surface area contributed by atoms with Gasteiger partial charge in [-0.2, -0.15) is 0 Å². The van der Waals surface area contributed by atoms with Gasteiger partial charge in [0.15, 0.2) is 0 Å². The first-order valence-electron chi connectivity index (χ1n) is 6.97. The second-order valence-corrected chi connectivity index (χ2v) is 5.30. The predicted octanol–water partition coefficient (Wildman–Crippen LogP) is 0.509. The maximum absolute atomic E-state index is 11.2. The fourth-order valence-electron chi connectivity index (χ4n) is 2.46. The first kappa shape index (κ1) is 14.7. The van der Waals surface area contributed by atoms with E-state index in [1.165, 1.54) is 12.8 Å². The molecule has 0 saturated carbocycles. The van der Waals surface area contributed by atoms with Crippen LogP contribution in [0.15, 0.2) is 18.3 Å². The zero-order valence-electron chi connectivity index (χ0n) is 12.2. The van der Waals surface area contributed by atoms with Gasteiger partial charge in [0.05, 0.1) is 18.4 Å². The molecule has 1 saturated heterocycles. The Balaban J connectivity index is 1.96. The first-order chi connectivity index (χ1) is 9.60. The van der Waals surface area contributed by atoms with Crippen molar-refractivity contribution in [1.82, 2.24) is 9.88 Å². The van der Waals surface area contributed by atoms with E-state index in [-0.39, 0.29) is 12.5 Å². The van der Waals surface area contributed by atoms with Gasteiger partial charge in [-0.05, 0) is 45.1 Å². The number of anilines is 2. The number of hydrogen-bond acceptors (Lipinski definition) is 5. The average Bonchev–Trinajstić information content (AvgIpc) is 2.48. The number of pyridine rings is 1. The summed E-state index contributed by atoms with van der Waals surface area (Å²) in [4.78, 5) is 20.1. The topological polar surface area (TPSA) is 74.5 Å². The summed E-state index contributed by atoms with van der Waals surface area (Å²) in [7, 11) is 4.26. The molecule has 0 radical (unpaired) electrons. The largest absolute Gasteiger partial charge is 0.370 e. The van der Waals surface area contributed by atoms with Crippen molar-refractivity contribution in [3.8, 4) is 0 Å². The number of carbonyl (C=O) groups is 1. The molecule has 3 N–H and O–H groups in total. The normalized spacial score (nSPS) is 16.9. The minimum Gasteiger partial charge on any atom is -0.370 e. The second kappa shape index (κ2) is 6.67. The monoisotopic (exact) mass is 277 g/mol. The van der Waals surface area contributed by atoms with Crippen molar-refractivity contribution in [2.45, 2.75) is 18.9 Å². The predicted molar refractivity (Wildman–Crippen MR) is 80.8 cm³/mol. The molecule has 1 amide bonds. The van der Waals surface area contributed by atoms with Gasteiger partial charge in [0.2, 0.25) is 5.91 Å². The van der Waals surface area contributed by atoms with Crippen LogP contribution in [-0.2, 0) is 4.79 Å². The van der Waals surface area contributed by atoms with Crippen LogP contribution in [0.2, 0.25) is 0 Å². The van der Waals surface area contributed by atoms with E-state index in [0.29, 0.717) is 11.9 Å². The number of nitrogens with two attached hydrogens (primary N) is 1. The van der Waals surface area contributed by atoms with E-state index in [1.807, 2.05) is 12.1 Å². The number of hydrogen-bond donors (Lipinski definition) is 2. The first-order valence-corrected chi connectivity index (χ1v) is 6.97. The van der Waals surface area contributed by atoms with Crippen LogP contribution in [0.4, 0.5) is 11.5 Å². The molecular weight excluding hydrogens is 254 g/mol. The quantitative estimate of drug-likeness (QED) is 0.839.